The van der Waals surface area contributed by atoms with Crippen LogP contribution in [0, 0.1) is 0 Å². The fraction of sp³-hybridized carbons (Fsp3) is 0.188. The maximum atomic E-state index is 12.5. The van der Waals surface area contributed by atoms with Crippen LogP contribution >= 0.6 is 0 Å². The number of rotatable bonds is 4. The van der Waals surface area contributed by atoms with Gasteiger partial charge in [0.25, 0.3) is 5.91 Å². The SMILES string of the molecule is CC(C)n1cccc1C(=O)Nc1ccccc1-n1ccnn1. The molecule has 0 unspecified atom stereocenters. The zero-order chi connectivity index (χ0) is 15.5. The minimum Gasteiger partial charge on any atom is -0.341 e. The third-order valence-corrected chi connectivity index (χ3v) is 3.39. The molecular formula is C16H17N5O. The maximum Gasteiger partial charge on any atom is 0.272 e. The van der Waals surface area contributed by atoms with E-state index in [0.717, 1.165) is 5.69 Å². The van der Waals surface area contributed by atoms with Crippen molar-refractivity contribution in [2.24, 2.45) is 0 Å². The van der Waals surface area contributed by atoms with Gasteiger partial charge in [0, 0.05) is 12.2 Å². The molecule has 1 aromatic carbocycles. The first-order valence-electron chi connectivity index (χ1n) is 7.10. The van der Waals surface area contributed by atoms with Gasteiger partial charge in [0.05, 0.1) is 23.8 Å². The molecule has 0 aliphatic carbocycles. The van der Waals surface area contributed by atoms with Gasteiger partial charge in [-0.2, -0.15) is 0 Å². The molecule has 112 valence electrons. The van der Waals surface area contributed by atoms with Crippen molar-refractivity contribution in [3.63, 3.8) is 0 Å². The average Bonchev–Trinajstić information content (AvgIpc) is 3.19. The predicted molar refractivity (Wildman–Crippen MR) is 84.1 cm³/mol. The van der Waals surface area contributed by atoms with E-state index in [1.165, 1.54) is 0 Å². The van der Waals surface area contributed by atoms with Gasteiger partial charge in [0.2, 0.25) is 0 Å². The molecule has 1 amide bonds. The van der Waals surface area contributed by atoms with E-state index in [2.05, 4.69) is 15.6 Å². The predicted octanol–water partition coefficient (Wildman–Crippen LogP) is 2.90. The summed E-state index contributed by atoms with van der Waals surface area (Å²) in [7, 11) is 0. The van der Waals surface area contributed by atoms with E-state index < -0.39 is 0 Å². The summed E-state index contributed by atoms with van der Waals surface area (Å²) in [5, 5.41) is 10.7. The number of hydrogen-bond donors (Lipinski definition) is 1. The quantitative estimate of drug-likeness (QED) is 0.805. The second-order valence-corrected chi connectivity index (χ2v) is 5.21. The van der Waals surface area contributed by atoms with E-state index >= 15 is 0 Å². The molecule has 0 bridgehead atoms. The van der Waals surface area contributed by atoms with Crippen molar-refractivity contribution in [2.45, 2.75) is 19.9 Å². The lowest BCUT2D eigenvalue weighted by Crippen LogP contribution is -2.18. The molecule has 0 spiro atoms. The van der Waals surface area contributed by atoms with Gasteiger partial charge in [0.1, 0.15) is 5.69 Å². The van der Waals surface area contributed by atoms with E-state index in [0.29, 0.717) is 11.4 Å². The van der Waals surface area contributed by atoms with Crippen LogP contribution in [0.1, 0.15) is 30.4 Å². The minimum atomic E-state index is -0.147. The Morgan fingerprint density at radius 2 is 1.95 bits per heavy atom. The van der Waals surface area contributed by atoms with Crippen molar-refractivity contribution in [2.75, 3.05) is 5.32 Å². The molecule has 22 heavy (non-hydrogen) atoms. The smallest absolute Gasteiger partial charge is 0.272 e. The third kappa shape index (κ3) is 2.63. The van der Waals surface area contributed by atoms with Gasteiger partial charge in [0.15, 0.2) is 0 Å². The van der Waals surface area contributed by atoms with Gasteiger partial charge >= 0.3 is 0 Å². The van der Waals surface area contributed by atoms with Crippen LogP contribution in [0.3, 0.4) is 0 Å². The van der Waals surface area contributed by atoms with Gasteiger partial charge in [-0.15, -0.1) is 5.10 Å². The zero-order valence-corrected chi connectivity index (χ0v) is 12.5. The van der Waals surface area contributed by atoms with Crippen LogP contribution in [0.5, 0.6) is 0 Å². The Bertz CT molecular complexity index is 773. The van der Waals surface area contributed by atoms with Gasteiger partial charge in [-0.25, -0.2) is 4.68 Å². The molecule has 6 nitrogen and oxygen atoms in total. The Kier molecular flexibility index (Phi) is 3.74. The molecule has 2 heterocycles. The van der Waals surface area contributed by atoms with Crippen LogP contribution in [0.25, 0.3) is 5.69 Å². The molecule has 6 heteroatoms. The minimum absolute atomic E-state index is 0.147. The molecule has 3 aromatic rings. The van der Waals surface area contributed by atoms with Crippen molar-refractivity contribution in [3.8, 4) is 5.69 Å². The first-order chi connectivity index (χ1) is 10.7. The van der Waals surface area contributed by atoms with Crippen molar-refractivity contribution in [1.29, 1.82) is 0 Å². The molecule has 0 radical (unpaired) electrons. The number of carbonyl (C=O) groups is 1. The molecule has 0 aliphatic rings. The number of nitrogens with zero attached hydrogens (tertiary/aromatic N) is 4. The van der Waals surface area contributed by atoms with Crippen LogP contribution < -0.4 is 5.32 Å². The van der Waals surface area contributed by atoms with E-state index in [1.807, 2.05) is 61.0 Å². The van der Waals surface area contributed by atoms with E-state index in [1.54, 1.807) is 17.1 Å². The standard InChI is InChI=1S/C16H17N5O/c1-12(2)20-10-5-8-15(20)16(22)18-13-6-3-4-7-14(13)21-11-9-17-19-21/h3-12H,1-2H3,(H,18,22). The Morgan fingerprint density at radius 3 is 2.68 bits per heavy atom. The zero-order valence-electron chi connectivity index (χ0n) is 12.5. The third-order valence-electron chi connectivity index (χ3n) is 3.39. The summed E-state index contributed by atoms with van der Waals surface area (Å²) < 4.78 is 3.56. The monoisotopic (exact) mass is 295 g/mol. The normalized spacial score (nSPS) is 10.9. The molecule has 0 saturated carbocycles. The molecular weight excluding hydrogens is 278 g/mol. The largest absolute Gasteiger partial charge is 0.341 e. The number of nitrogens with one attached hydrogen (secondary N) is 1. The van der Waals surface area contributed by atoms with Gasteiger partial charge < -0.3 is 9.88 Å². The molecule has 0 atom stereocenters. The second kappa shape index (κ2) is 5.85. The lowest BCUT2D eigenvalue weighted by atomic mass is 10.2. The topological polar surface area (TPSA) is 64.7 Å². The van der Waals surface area contributed by atoms with E-state index in [9.17, 15) is 4.79 Å². The molecule has 0 fully saturated rings. The summed E-state index contributed by atoms with van der Waals surface area (Å²) in [6.45, 7) is 4.08. The van der Waals surface area contributed by atoms with Crippen LogP contribution in [-0.4, -0.2) is 25.5 Å². The first kappa shape index (κ1) is 14.1. The highest BCUT2D eigenvalue weighted by atomic mass is 16.2. The molecule has 3 rings (SSSR count). The molecule has 0 aliphatic heterocycles. The number of para-hydroxylation sites is 2. The van der Waals surface area contributed by atoms with Gasteiger partial charge in [-0.1, -0.05) is 17.3 Å². The Morgan fingerprint density at radius 1 is 1.14 bits per heavy atom. The summed E-state index contributed by atoms with van der Waals surface area (Å²) in [5.41, 5.74) is 2.09. The van der Waals surface area contributed by atoms with Gasteiger partial charge in [-0.05, 0) is 38.1 Å². The molecule has 2 aromatic heterocycles. The van der Waals surface area contributed by atoms with Crippen LogP contribution in [0.15, 0.2) is 55.0 Å². The number of anilines is 1. The number of benzene rings is 1. The van der Waals surface area contributed by atoms with Crippen molar-refractivity contribution in [1.82, 2.24) is 19.6 Å². The van der Waals surface area contributed by atoms with Crippen LogP contribution in [-0.2, 0) is 0 Å². The highest BCUT2D eigenvalue weighted by Crippen LogP contribution is 2.20. The first-order valence-corrected chi connectivity index (χ1v) is 7.10. The Balaban J connectivity index is 1.91. The summed E-state index contributed by atoms with van der Waals surface area (Å²) in [6.07, 6.45) is 5.24. The second-order valence-electron chi connectivity index (χ2n) is 5.21. The lowest BCUT2D eigenvalue weighted by Gasteiger charge is -2.14. The fourth-order valence-corrected chi connectivity index (χ4v) is 2.34. The van der Waals surface area contributed by atoms with E-state index in [4.69, 9.17) is 0 Å². The number of carbonyl (C=O) groups excluding carboxylic acids is 1. The maximum absolute atomic E-state index is 12.5. The number of amides is 1. The summed E-state index contributed by atoms with van der Waals surface area (Å²) in [5.74, 6) is -0.147. The number of hydrogen-bond acceptors (Lipinski definition) is 3. The average molecular weight is 295 g/mol. The highest BCUT2D eigenvalue weighted by Gasteiger charge is 2.14. The van der Waals surface area contributed by atoms with Crippen LogP contribution in [0.2, 0.25) is 0 Å². The van der Waals surface area contributed by atoms with Gasteiger partial charge in [-0.3, -0.25) is 4.79 Å². The van der Waals surface area contributed by atoms with Crippen molar-refractivity contribution < 1.29 is 4.79 Å². The summed E-state index contributed by atoms with van der Waals surface area (Å²) >= 11 is 0. The van der Waals surface area contributed by atoms with Crippen molar-refractivity contribution >= 4 is 11.6 Å². The Hall–Kier alpha value is -2.89. The fourth-order valence-electron chi connectivity index (χ4n) is 2.34. The lowest BCUT2D eigenvalue weighted by molar-refractivity contribution is 0.101. The van der Waals surface area contributed by atoms with Crippen molar-refractivity contribution in [3.05, 3.63) is 60.7 Å². The highest BCUT2D eigenvalue weighted by molar-refractivity contribution is 6.04. The summed E-state index contributed by atoms with van der Waals surface area (Å²) in [4.78, 5) is 12.5. The van der Waals surface area contributed by atoms with E-state index in [-0.39, 0.29) is 11.9 Å². The molecule has 0 saturated heterocycles. The Labute approximate surface area is 128 Å². The summed E-state index contributed by atoms with van der Waals surface area (Å²) in [6, 6.07) is 11.4. The molecule has 1 N–H and O–H groups in total. The van der Waals surface area contributed by atoms with Crippen LogP contribution in [0.4, 0.5) is 5.69 Å². The number of aromatic nitrogens is 4.